The lowest BCUT2D eigenvalue weighted by molar-refractivity contribution is -0.118. The predicted octanol–water partition coefficient (Wildman–Crippen LogP) is 3.90. The number of carbonyl (C=O) groups is 1. The van der Waals surface area contributed by atoms with E-state index in [0.29, 0.717) is 18.2 Å². The minimum atomic E-state index is -0.301. The SMILES string of the molecule is CCn1c(SCC(=O)NCc2ccc(F)cc2)nc2sc3c(c2c1=O)CCCC3. The molecule has 0 spiro atoms. The molecule has 1 aromatic carbocycles. The molecule has 0 saturated carbocycles. The summed E-state index contributed by atoms with van der Waals surface area (Å²) in [6, 6.07) is 6.03. The number of aryl methyl sites for hydroxylation is 2. The first kappa shape index (κ1) is 20.1. The molecule has 5 nitrogen and oxygen atoms in total. The highest BCUT2D eigenvalue weighted by atomic mass is 32.2. The number of benzene rings is 1. The van der Waals surface area contributed by atoms with Gasteiger partial charge in [0.25, 0.3) is 5.56 Å². The minimum absolute atomic E-state index is 0.00567. The van der Waals surface area contributed by atoms with E-state index in [-0.39, 0.29) is 23.0 Å². The second-order valence-corrected chi connectivity index (χ2v) is 9.05. The van der Waals surface area contributed by atoms with Crippen LogP contribution in [0.3, 0.4) is 0 Å². The number of nitrogens with zero attached hydrogens (tertiary/aromatic N) is 2. The zero-order valence-corrected chi connectivity index (χ0v) is 17.8. The predicted molar refractivity (Wildman–Crippen MR) is 115 cm³/mol. The lowest BCUT2D eigenvalue weighted by Crippen LogP contribution is -2.26. The Balaban J connectivity index is 1.49. The van der Waals surface area contributed by atoms with E-state index < -0.39 is 0 Å². The van der Waals surface area contributed by atoms with Gasteiger partial charge in [-0.15, -0.1) is 11.3 Å². The smallest absolute Gasteiger partial charge is 0.263 e. The molecule has 0 aliphatic heterocycles. The molecule has 0 unspecified atom stereocenters. The van der Waals surface area contributed by atoms with Crippen LogP contribution < -0.4 is 10.9 Å². The number of rotatable bonds is 6. The third-order valence-electron chi connectivity index (χ3n) is 5.09. The fourth-order valence-electron chi connectivity index (χ4n) is 3.59. The third kappa shape index (κ3) is 4.23. The molecule has 152 valence electrons. The maximum atomic E-state index is 13.1. The van der Waals surface area contributed by atoms with Crippen LogP contribution in [-0.4, -0.2) is 21.2 Å². The maximum Gasteiger partial charge on any atom is 0.263 e. The van der Waals surface area contributed by atoms with Gasteiger partial charge in [0.2, 0.25) is 5.91 Å². The molecule has 0 atom stereocenters. The van der Waals surface area contributed by atoms with Gasteiger partial charge < -0.3 is 5.32 Å². The van der Waals surface area contributed by atoms with Crippen molar-refractivity contribution in [2.24, 2.45) is 0 Å². The Morgan fingerprint density at radius 3 is 2.79 bits per heavy atom. The van der Waals surface area contributed by atoms with Crippen LogP contribution in [0, 0.1) is 5.82 Å². The number of hydrogen-bond donors (Lipinski definition) is 1. The van der Waals surface area contributed by atoms with Crippen LogP contribution >= 0.6 is 23.1 Å². The van der Waals surface area contributed by atoms with Crippen LogP contribution in [0.25, 0.3) is 10.2 Å². The molecule has 1 amide bonds. The summed E-state index contributed by atoms with van der Waals surface area (Å²) in [6.45, 7) is 2.78. The molecule has 1 N–H and O–H groups in total. The van der Waals surface area contributed by atoms with Gasteiger partial charge in [-0.25, -0.2) is 9.37 Å². The zero-order valence-electron chi connectivity index (χ0n) is 16.2. The lowest BCUT2D eigenvalue weighted by atomic mass is 9.97. The summed E-state index contributed by atoms with van der Waals surface area (Å²) in [4.78, 5) is 32.1. The van der Waals surface area contributed by atoms with Gasteiger partial charge in [-0.2, -0.15) is 0 Å². The van der Waals surface area contributed by atoms with Gasteiger partial charge >= 0.3 is 0 Å². The second-order valence-electron chi connectivity index (χ2n) is 7.03. The van der Waals surface area contributed by atoms with Crippen molar-refractivity contribution in [2.45, 2.75) is 50.9 Å². The summed E-state index contributed by atoms with van der Waals surface area (Å²) < 4.78 is 14.6. The Hall–Kier alpha value is -2.19. The molecule has 0 radical (unpaired) electrons. The zero-order chi connectivity index (χ0) is 20.4. The van der Waals surface area contributed by atoms with E-state index in [1.54, 1.807) is 28.0 Å². The Morgan fingerprint density at radius 2 is 2.03 bits per heavy atom. The van der Waals surface area contributed by atoms with E-state index in [1.165, 1.54) is 34.3 Å². The quantitative estimate of drug-likeness (QED) is 0.475. The summed E-state index contributed by atoms with van der Waals surface area (Å²) in [5, 5.41) is 4.18. The summed E-state index contributed by atoms with van der Waals surface area (Å²) in [7, 11) is 0. The van der Waals surface area contributed by atoms with Gasteiger partial charge in [0.15, 0.2) is 5.16 Å². The first-order valence-corrected chi connectivity index (χ1v) is 11.6. The van der Waals surface area contributed by atoms with Gasteiger partial charge in [0.05, 0.1) is 11.1 Å². The number of hydrogen-bond acceptors (Lipinski definition) is 5. The molecule has 1 aliphatic carbocycles. The Labute approximate surface area is 176 Å². The monoisotopic (exact) mass is 431 g/mol. The van der Waals surface area contributed by atoms with Crippen molar-refractivity contribution in [1.29, 1.82) is 0 Å². The van der Waals surface area contributed by atoms with Crippen LogP contribution in [0.2, 0.25) is 0 Å². The summed E-state index contributed by atoms with van der Waals surface area (Å²) >= 11 is 2.90. The van der Waals surface area contributed by atoms with Gasteiger partial charge in [-0.1, -0.05) is 23.9 Å². The van der Waals surface area contributed by atoms with E-state index in [0.717, 1.165) is 41.5 Å². The maximum absolute atomic E-state index is 13.1. The number of thiophene rings is 1. The van der Waals surface area contributed by atoms with Crippen molar-refractivity contribution in [1.82, 2.24) is 14.9 Å². The summed E-state index contributed by atoms with van der Waals surface area (Å²) in [6.07, 6.45) is 4.26. The van der Waals surface area contributed by atoms with Gasteiger partial charge in [-0.05, 0) is 55.9 Å². The number of halogens is 1. The second kappa shape index (κ2) is 8.67. The normalized spacial score (nSPS) is 13.4. The fourth-order valence-corrected chi connectivity index (χ4v) is 5.79. The lowest BCUT2D eigenvalue weighted by Gasteiger charge is -2.12. The number of carbonyl (C=O) groups excluding carboxylic acids is 1. The molecule has 0 saturated heterocycles. The molecular formula is C21H22FN3O2S2. The average Bonchev–Trinajstić information content (AvgIpc) is 3.10. The molecule has 0 fully saturated rings. The van der Waals surface area contributed by atoms with Crippen molar-refractivity contribution in [3.05, 3.63) is 56.4 Å². The largest absolute Gasteiger partial charge is 0.351 e. The molecule has 29 heavy (non-hydrogen) atoms. The highest BCUT2D eigenvalue weighted by molar-refractivity contribution is 7.99. The van der Waals surface area contributed by atoms with Crippen LogP contribution in [0.5, 0.6) is 0 Å². The molecule has 8 heteroatoms. The molecule has 0 bridgehead atoms. The van der Waals surface area contributed by atoms with Crippen LogP contribution in [0.15, 0.2) is 34.2 Å². The van der Waals surface area contributed by atoms with Crippen LogP contribution in [0.4, 0.5) is 4.39 Å². The van der Waals surface area contributed by atoms with Crippen LogP contribution in [-0.2, 0) is 30.7 Å². The molecular weight excluding hydrogens is 409 g/mol. The number of fused-ring (bicyclic) bond motifs is 3. The topological polar surface area (TPSA) is 64.0 Å². The van der Waals surface area contributed by atoms with E-state index in [4.69, 9.17) is 4.98 Å². The number of aromatic nitrogens is 2. The standard InChI is InChI=1S/C21H22FN3O2S2/c1-2-25-20(27)18-15-5-3-4-6-16(15)29-19(18)24-21(25)28-12-17(26)23-11-13-7-9-14(22)10-8-13/h7-10H,2-6,11-12H2,1H3,(H,23,26). The third-order valence-corrected chi connectivity index (χ3v) is 7.25. The van der Waals surface area contributed by atoms with Crippen molar-refractivity contribution in [2.75, 3.05) is 5.75 Å². The number of amides is 1. The van der Waals surface area contributed by atoms with Crippen LogP contribution in [0.1, 0.15) is 35.8 Å². The van der Waals surface area contributed by atoms with Crippen molar-refractivity contribution < 1.29 is 9.18 Å². The Kier molecular flexibility index (Phi) is 6.01. The van der Waals surface area contributed by atoms with Gasteiger partial charge in [0, 0.05) is 18.0 Å². The minimum Gasteiger partial charge on any atom is -0.351 e. The first-order valence-electron chi connectivity index (χ1n) is 9.76. The van der Waals surface area contributed by atoms with Crippen molar-refractivity contribution in [3.63, 3.8) is 0 Å². The number of nitrogens with one attached hydrogen (secondary N) is 1. The average molecular weight is 432 g/mol. The fraction of sp³-hybridized carbons (Fsp3) is 0.381. The number of thioether (sulfide) groups is 1. The van der Waals surface area contributed by atoms with Crippen molar-refractivity contribution >= 4 is 39.2 Å². The summed E-state index contributed by atoms with van der Waals surface area (Å²) in [5.41, 5.74) is 2.02. The van der Waals surface area contributed by atoms with E-state index >= 15 is 0 Å². The first-order chi connectivity index (χ1) is 14.1. The van der Waals surface area contributed by atoms with E-state index in [2.05, 4.69) is 5.32 Å². The highest BCUT2D eigenvalue weighted by Gasteiger charge is 2.22. The molecule has 2 heterocycles. The van der Waals surface area contributed by atoms with E-state index in [1.807, 2.05) is 6.92 Å². The molecule has 4 rings (SSSR count). The Morgan fingerprint density at radius 1 is 1.28 bits per heavy atom. The van der Waals surface area contributed by atoms with Gasteiger partial charge in [0.1, 0.15) is 10.6 Å². The summed E-state index contributed by atoms with van der Waals surface area (Å²) in [5.74, 6) is -0.281. The highest BCUT2D eigenvalue weighted by Crippen LogP contribution is 2.34. The molecule has 3 aromatic rings. The van der Waals surface area contributed by atoms with E-state index in [9.17, 15) is 14.0 Å². The van der Waals surface area contributed by atoms with Gasteiger partial charge in [-0.3, -0.25) is 14.2 Å². The van der Waals surface area contributed by atoms with Crippen molar-refractivity contribution in [3.8, 4) is 0 Å². The Bertz CT molecular complexity index is 1110. The molecule has 2 aromatic heterocycles. The molecule has 1 aliphatic rings.